The molecule has 31 heavy (non-hydrogen) atoms. The van der Waals surface area contributed by atoms with Crippen LogP contribution in [0.4, 0.5) is 20.3 Å². The molecular formula is C23H23F2N5S. The zero-order chi connectivity index (χ0) is 22.0. The number of pyridine rings is 2. The average Bonchev–Trinajstić information content (AvgIpc) is 3.46. The van der Waals surface area contributed by atoms with Crippen LogP contribution in [0.2, 0.25) is 0 Å². The first kappa shape index (κ1) is 20.2. The summed E-state index contributed by atoms with van der Waals surface area (Å²) in [4.78, 5) is 13.4. The van der Waals surface area contributed by atoms with Gasteiger partial charge in [0, 0.05) is 45.8 Å². The Morgan fingerprint density at radius 1 is 1.26 bits per heavy atom. The second-order valence-corrected chi connectivity index (χ2v) is 10.00. The molecule has 160 valence electrons. The van der Waals surface area contributed by atoms with E-state index in [9.17, 15) is 4.39 Å². The molecule has 5 nitrogen and oxygen atoms in total. The molecule has 0 unspecified atom stereocenters. The van der Waals surface area contributed by atoms with Gasteiger partial charge in [-0.15, -0.1) is 0 Å². The van der Waals surface area contributed by atoms with Crippen LogP contribution >= 0.6 is 11.8 Å². The van der Waals surface area contributed by atoms with Crippen molar-refractivity contribution in [3.05, 3.63) is 59.4 Å². The number of nitrogens with one attached hydrogen (secondary N) is 1. The molecule has 0 saturated heterocycles. The van der Waals surface area contributed by atoms with Crippen LogP contribution in [0.1, 0.15) is 37.8 Å². The SMILES string of the molecule is CC[C@]12C[C@H]1[C@@](C)(c1cc(Nc3nccc4cc(C)cnc34)cc(F)c1F)N=C(N)S2. The van der Waals surface area contributed by atoms with E-state index >= 15 is 4.39 Å². The Labute approximate surface area is 183 Å². The molecule has 8 heteroatoms. The highest BCUT2D eigenvalue weighted by Crippen LogP contribution is 2.67. The standard InChI is InChI=1S/C23H23F2N5S/c1-4-23-10-17(23)22(3,30-21(26)31-23)15-8-14(9-16(24)18(15)25)29-20-19-13(5-6-27-20)7-12(2)11-28-19/h5-9,11,17H,4,10H2,1-3H3,(H2,26,30)(H,27,29)/t17-,22+,23-/m0/s1. The summed E-state index contributed by atoms with van der Waals surface area (Å²) in [6, 6.07) is 6.63. The van der Waals surface area contributed by atoms with Crippen molar-refractivity contribution in [1.82, 2.24) is 9.97 Å². The first-order chi connectivity index (χ1) is 14.8. The van der Waals surface area contributed by atoms with Gasteiger partial charge in [0.05, 0.1) is 5.54 Å². The number of aliphatic imine (C=N–C) groups is 1. The zero-order valence-corrected chi connectivity index (χ0v) is 18.4. The third kappa shape index (κ3) is 3.15. The Morgan fingerprint density at radius 2 is 2.06 bits per heavy atom. The van der Waals surface area contributed by atoms with Gasteiger partial charge in [-0.2, -0.15) is 0 Å². The number of nitrogens with two attached hydrogens (primary N) is 1. The topological polar surface area (TPSA) is 76.2 Å². The molecule has 3 aromatic rings. The van der Waals surface area contributed by atoms with Crippen LogP contribution in [0.15, 0.2) is 41.7 Å². The van der Waals surface area contributed by atoms with Crippen LogP contribution in [0, 0.1) is 24.5 Å². The lowest BCUT2D eigenvalue weighted by atomic mass is 9.85. The second-order valence-electron chi connectivity index (χ2n) is 8.56. The Bertz CT molecular complexity index is 1250. The van der Waals surface area contributed by atoms with E-state index in [-0.39, 0.29) is 16.2 Å². The number of hydrogen-bond donors (Lipinski definition) is 2. The molecule has 3 N–H and O–H groups in total. The smallest absolute Gasteiger partial charge is 0.164 e. The van der Waals surface area contributed by atoms with Crippen LogP contribution in [-0.4, -0.2) is 19.9 Å². The summed E-state index contributed by atoms with van der Waals surface area (Å²) in [6.45, 7) is 5.91. The van der Waals surface area contributed by atoms with Crippen molar-refractivity contribution >= 4 is 39.3 Å². The lowest BCUT2D eigenvalue weighted by Gasteiger charge is -2.34. The largest absolute Gasteiger partial charge is 0.378 e. The summed E-state index contributed by atoms with van der Waals surface area (Å²) >= 11 is 1.56. The molecule has 1 aliphatic carbocycles. The van der Waals surface area contributed by atoms with Crippen LogP contribution in [0.5, 0.6) is 0 Å². The van der Waals surface area contributed by atoms with E-state index in [1.54, 1.807) is 30.2 Å². The predicted molar refractivity (Wildman–Crippen MR) is 122 cm³/mol. The normalized spacial score (nSPS) is 27.0. The van der Waals surface area contributed by atoms with Gasteiger partial charge in [0.25, 0.3) is 0 Å². The summed E-state index contributed by atoms with van der Waals surface area (Å²) in [5.41, 5.74) is 7.49. The monoisotopic (exact) mass is 439 g/mol. The number of aromatic nitrogens is 2. The quantitative estimate of drug-likeness (QED) is 0.569. The number of hydrogen-bond acceptors (Lipinski definition) is 6. The molecular weight excluding hydrogens is 416 g/mol. The molecule has 0 amide bonds. The molecule has 1 aliphatic heterocycles. The van der Waals surface area contributed by atoms with Gasteiger partial charge in [0.15, 0.2) is 22.6 Å². The van der Waals surface area contributed by atoms with Gasteiger partial charge < -0.3 is 11.1 Å². The summed E-state index contributed by atoms with van der Waals surface area (Å²) in [6.07, 6.45) is 5.20. The molecule has 0 bridgehead atoms. The summed E-state index contributed by atoms with van der Waals surface area (Å²) < 4.78 is 29.7. The average molecular weight is 440 g/mol. The first-order valence-electron chi connectivity index (χ1n) is 10.3. The number of anilines is 2. The van der Waals surface area contributed by atoms with Crippen molar-refractivity contribution in [2.45, 2.75) is 43.9 Å². The molecule has 5 rings (SSSR count). The van der Waals surface area contributed by atoms with E-state index in [0.717, 1.165) is 29.9 Å². The van der Waals surface area contributed by atoms with E-state index in [0.29, 0.717) is 22.2 Å². The molecule has 1 saturated carbocycles. The lowest BCUT2D eigenvalue weighted by molar-refractivity contribution is 0.377. The maximum atomic E-state index is 15.0. The molecule has 2 aliphatic rings. The Kier molecular flexibility index (Phi) is 4.48. The third-order valence-electron chi connectivity index (χ3n) is 6.52. The predicted octanol–water partition coefficient (Wildman–Crippen LogP) is 5.41. The fourth-order valence-corrected chi connectivity index (χ4v) is 6.20. The minimum Gasteiger partial charge on any atom is -0.378 e. The Morgan fingerprint density at radius 3 is 2.84 bits per heavy atom. The first-order valence-corrected chi connectivity index (χ1v) is 11.1. The number of nitrogens with zero attached hydrogens (tertiary/aromatic N) is 3. The Balaban J connectivity index is 1.59. The van der Waals surface area contributed by atoms with Crippen molar-refractivity contribution < 1.29 is 8.78 Å². The van der Waals surface area contributed by atoms with Gasteiger partial charge >= 0.3 is 0 Å². The number of halogens is 2. The molecule has 0 spiro atoms. The van der Waals surface area contributed by atoms with Crippen LogP contribution in [0.25, 0.3) is 10.9 Å². The van der Waals surface area contributed by atoms with Gasteiger partial charge in [-0.3, -0.25) is 9.98 Å². The highest BCUT2D eigenvalue weighted by Gasteiger charge is 2.65. The third-order valence-corrected chi connectivity index (χ3v) is 7.97. The number of rotatable bonds is 4. The van der Waals surface area contributed by atoms with Gasteiger partial charge in [-0.25, -0.2) is 13.8 Å². The highest BCUT2D eigenvalue weighted by atomic mass is 32.2. The van der Waals surface area contributed by atoms with Gasteiger partial charge in [0.2, 0.25) is 0 Å². The molecule has 1 aromatic carbocycles. The minimum absolute atomic E-state index is 0.0497. The molecule has 3 atom stereocenters. The highest BCUT2D eigenvalue weighted by molar-refractivity contribution is 8.15. The number of amidine groups is 1. The molecule has 3 heterocycles. The number of fused-ring (bicyclic) bond motifs is 2. The number of thioether (sulfide) groups is 1. The van der Waals surface area contributed by atoms with Gasteiger partial charge in [0.1, 0.15) is 5.52 Å². The van der Waals surface area contributed by atoms with E-state index in [2.05, 4.69) is 27.2 Å². The number of benzene rings is 1. The maximum Gasteiger partial charge on any atom is 0.164 e. The van der Waals surface area contributed by atoms with Crippen molar-refractivity contribution in [2.24, 2.45) is 16.6 Å². The summed E-state index contributed by atoms with van der Waals surface area (Å²) in [5.74, 6) is -1.23. The van der Waals surface area contributed by atoms with Gasteiger partial charge in [-0.1, -0.05) is 18.7 Å². The maximum absolute atomic E-state index is 15.0. The second kappa shape index (κ2) is 6.88. The van der Waals surface area contributed by atoms with Crippen molar-refractivity contribution in [3.8, 4) is 0 Å². The van der Waals surface area contributed by atoms with Crippen molar-refractivity contribution in [1.29, 1.82) is 0 Å². The van der Waals surface area contributed by atoms with Crippen LogP contribution in [-0.2, 0) is 5.54 Å². The molecule has 2 aromatic heterocycles. The Hall–Kier alpha value is -2.74. The van der Waals surface area contributed by atoms with Crippen LogP contribution in [0.3, 0.4) is 0 Å². The minimum atomic E-state index is -0.931. The van der Waals surface area contributed by atoms with Gasteiger partial charge in [-0.05, 0) is 50.5 Å². The summed E-state index contributed by atoms with van der Waals surface area (Å²) in [7, 11) is 0. The fraction of sp³-hybridized carbons (Fsp3) is 0.348. The van der Waals surface area contributed by atoms with E-state index in [1.165, 1.54) is 0 Å². The van der Waals surface area contributed by atoms with E-state index in [1.807, 2.05) is 26.0 Å². The van der Waals surface area contributed by atoms with Crippen LogP contribution < -0.4 is 11.1 Å². The fourth-order valence-electron chi connectivity index (χ4n) is 4.79. The number of aryl methyl sites for hydroxylation is 1. The zero-order valence-electron chi connectivity index (χ0n) is 17.5. The van der Waals surface area contributed by atoms with Crippen molar-refractivity contribution in [3.63, 3.8) is 0 Å². The lowest BCUT2D eigenvalue weighted by Crippen LogP contribution is -2.36. The van der Waals surface area contributed by atoms with Crippen molar-refractivity contribution in [2.75, 3.05) is 5.32 Å². The van der Waals surface area contributed by atoms with E-state index < -0.39 is 17.2 Å². The molecule has 0 radical (unpaired) electrons. The van der Waals surface area contributed by atoms with E-state index in [4.69, 9.17) is 5.73 Å². The summed E-state index contributed by atoms with van der Waals surface area (Å²) in [5, 5.41) is 4.47. The molecule has 1 fully saturated rings.